The second kappa shape index (κ2) is 6.71. The Kier molecular flexibility index (Phi) is 5.14. The number of furan rings is 1. The van der Waals surface area contributed by atoms with E-state index in [0.29, 0.717) is 18.2 Å². The molecule has 1 heterocycles. The van der Waals surface area contributed by atoms with E-state index in [1.807, 2.05) is 32.0 Å². The van der Waals surface area contributed by atoms with Crippen LogP contribution in [0, 0.1) is 19.8 Å². The van der Waals surface area contributed by atoms with Gasteiger partial charge in [0.15, 0.2) is 5.76 Å². The zero-order chi connectivity index (χ0) is 15.0. The normalized spacial score (nSPS) is 20.9. The van der Waals surface area contributed by atoms with Gasteiger partial charge in [0.2, 0.25) is 0 Å². The van der Waals surface area contributed by atoms with Crippen LogP contribution in [-0.2, 0) is 0 Å². The fourth-order valence-electron chi connectivity index (χ4n) is 3.34. The fourth-order valence-corrected chi connectivity index (χ4v) is 3.34. The van der Waals surface area contributed by atoms with E-state index in [-0.39, 0.29) is 24.4 Å². The Morgan fingerprint density at radius 3 is 2.82 bits per heavy atom. The standard InChI is InChI=1S/C17H22N2O2.ClH/c1-10-5-3-7-13-11(2)16(21-15(10)13)17(20)19-14-8-4-6-12(14)9-18;/h3,5,7,12,14H,4,6,8-9,18H2,1-2H3,(H,19,20);1H. The zero-order valence-corrected chi connectivity index (χ0v) is 13.8. The average molecular weight is 323 g/mol. The van der Waals surface area contributed by atoms with Crippen LogP contribution in [0.25, 0.3) is 11.0 Å². The molecular weight excluding hydrogens is 300 g/mol. The Bertz CT molecular complexity index is 681. The number of rotatable bonds is 3. The van der Waals surface area contributed by atoms with Crippen molar-refractivity contribution in [3.63, 3.8) is 0 Å². The lowest BCUT2D eigenvalue weighted by Gasteiger charge is -2.18. The van der Waals surface area contributed by atoms with E-state index in [1.165, 1.54) is 0 Å². The van der Waals surface area contributed by atoms with Crippen molar-refractivity contribution in [1.82, 2.24) is 5.32 Å². The number of aryl methyl sites for hydroxylation is 2. The van der Waals surface area contributed by atoms with Gasteiger partial charge in [-0.2, -0.15) is 0 Å². The lowest BCUT2D eigenvalue weighted by Crippen LogP contribution is -2.39. The Morgan fingerprint density at radius 2 is 2.14 bits per heavy atom. The Balaban J connectivity index is 0.00000176. The first-order valence-corrected chi connectivity index (χ1v) is 7.61. The monoisotopic (exact) mass is 322 g/mol. The zero-order valence-electron chi connectivity index (χ0n) is 13.0. The summed E-state index contributed by atoms with van der Waals surface area (Å²) in [7, 11) is 0. The van der Waals surface area contributed by atoms with E-state index in [0.717, 1.165) is 41.4 Å². The third-order valence-corrected chi connectivity index (χ3v) is 4.65. The molecule has 1 fully saturated rings. The topological polar surface area (TPSA) is 68.3 Å². The van der Waals surface area contributed by atoms with Gasteiger partial charge in [0.05, 0.1) is 0 Å². The number of para-hydroxylation sites is 1. The van der Waals surface area contributed by atoms with Crippen LogP contribution in [0.3, 0.4) is 0 Å². The summed E-state index contributed by atoms with van der Waals surface area (Å²) in [6, 6.07) is 6.16. The van der Waals surface area contributed by atoms with Gasteiger partial charge in [-0.05, 0) is 44.7 Å². The van der Waals surface area contributed by atoms with Crippen LogP contribution in [0.2, 0.25) is 0 Å². The number of hydrogen-bond acceptors (Lipinski definition) is 3. The van der Waals surface area contributed by atoms with E-state index in [1.54, 1.807) is 0 Å². The number of benzene rings is 1. The number of carbonyl (C=O) groups is 1. The van der Waals surface area contributed by atoms with E-state index < -0.39 is 0 Å². The van der Waals surface area contributed by atoms with Gasteiger partial charge in [0, 0.05) is 17.0 Å². The first kappa shape index (κ1) is 16.8. The molecule has 1 aliphatic rings. The van der Waals surface area contributed by atoms with Crippen molar-refractivity contribution in [3.8, 4) is 0 Å². The molecule has 0 radical (unpaired) electrons. The third kappa shape index (κ3) is 2.85. The number of hydrogen-bond donors (Lipinski definition) is 2. The van der Waals surface area contributed by atoms with Crippen molar-refractivity contribution < 1.29 is 9.21 Å². The highest BCUT2D eigenvalue weighted by atomic mass is 35.5. The maximum Gasteiger partial charge on any atom is 0.287 e. The predicted octanol–water partition coefficient (Wildman–Crippen LogP) is 3.33. The number of halogens is 1. The highest BCUT2D eigenvalue weighted by Gasteiger charge is 2.29. The predicted molar refractivity (Wildman–Crippen MR) is 90.6 cm³/mol. The largest absolute Gasteiger partial charge is 0.450 e. The summed E-state index contributed by atoms with van der Waals surface area (Å²) in [4.78, 5) is 12.5. The van der Waals surface area contributed by atoms with Crippen LogP contribution < -0.4 is 11.1 Å². The minimum atomic E-state index is -0.117. The second-order valence-corrected chi connectivity index (χ2v) is 6.01. The number of fused-ring (bicyclic) bond motifs is 1. The molecule has 1 aromatic carbocycles. The van der Waals surface area contributed by atoms with E-state index in [9.17, 15) is 4.79 Å². The maximum atomic E-state index is 12.5. The molecule has 2 aromatic rings. The fraction of sp³-hybridized carbons (Fsp3) is 0.471. The lowest BCUT2D eigenvalue weighted by atomic mass is 10.0. The molecule has 0 saturated heterocycles. The van der Waals surface area contributed by atoms with Crippen LogP contribution >= 0.6 is 12.4 Å². The van der Waals surface area contributed by atoms with Gasteiger partial charge in [0.25, 0.3) is 5.91 Å². The van der Waals surface area contributed by atoms with Gasteiger partial charge in [-0.3, -0.25) is 4.79 Å². The second-order valence-electron chi connectivity index (χ2n) is 6.01. The average Bonchev–Trinajstić information content (AvgIpc) is 3.05. The smallest absolute Gasteiger partial charge is 0.287 e. The molecule has 1 aromatic heterocycles. The summed E-state index contributed by atoms with van der Waals surface area (Å²) < 4.78 is 5.83. The molecule has 1 amide bonds. The van der Waals surface area contributed by atoms with Gasteiger partial charge < -0.3 is 15.5 Å². The molecule has 0 spiro atoms. The van der Waals surface area contributed by atoms with Crippen molar-refractivity contribution in [3.05, 3.63) is 35.1 Å². The molecule has 22 heavy (non-hydrogen) atoms. The molecule has 0 aliphatic heterocycles. The van der Waals surface area contributed by atoms with Gasteiger partial charge in [-0.15, -0.1) is 12.4 Å². The minimum Gasteiger partial charge on any atom is -0.450 e. The van der Waals surface area contributed by atoms with Crippen LogP contribution in [0.5, 0.6) is 0 Å². The lowest BCUT2D eigenvalue weighted by molar-refractivity contribution is 0.0902. The first-order valence-electron chi connectivity index (χ1n) is 7.61. The molecule has 5 heteroatoms. The summed E-state index contributed by atoms with van der Waals surface area (Å²) in [6.45, 7) is 4.56. The molecule has 2 atom stereocenters. The summed E-state index contributed by atoms with van der Waals surface area (Å²) in [5.41, 5.74) is 8.54. The molecule has 0 bridgehead atoms. The summed E-state index contributed by atoms with van der Waals surface area (Å²) >= 11 is 0. The molecular formula is C17H23ClN2O2. The summed E-state index contributed by atoms with van der Waals surface area (Å²) in [6.07, 6.45) is 3.23. The van der Waals surface area contributed by atoms with Gasteiger partial charge in [-0.25, -0.2) is 0 Å². The number of amides is 1. The van der Waals surface area contributed by atoms with Crippen molar-refractivity contribution in [1.29, 1.82) is 0 Å². The number of nitrogens with one attached hydrogen (secondary N) is 1. The Labute approximate surface area is 136 Å². The summed E-state index contributed by atoms with van der Waals surface area (Å²) in [5.74, 6) is 0.704. The molecule has 4 nitrogen and oxygen atoms in total. The van der Waals surface area contributed by atoms with Crippen LogP contribution in [0.4, 0.5) is 0 Å². The van der Waals surface area contributed by atoms with E-state index >= 15 is 0 Å². The molecule has 1 aliphatic carbocycles. The Morgan fingerprint density at radius 1 is 1.36 bits per heavy atom. The van der Waals surface area contributed by atoms with Crippen LogP contribution in [0.15, 0.2) is 22.6 Å². The van der Waals surface area contributed by atoms with Gasteiger partial charge >= 0.3 is 0 Å². The molecule has 3 rings (SSSR count). The van der Waals surface area contributed by atoms with Crippen molar-refractivity contribution in [2.24, 2.45) is 11.7 Å². The minimum absolute atomic E-state index is 0. The Hall–Kier alpha value is -1.52. The quantitative estimate of drug-likeness (QED) is 0.910. The van der Waals surface area contributed by atoms with Crippen molar-refractivity contribution in [2.45, 2.75) is 39.2 Å². The molecule has 120 valence electrons. The van der Waals surface area contributed by atoms with Crippen LogP contribution in [0.1, 0.15) is 40.9 Å². The van der Waals surface area contributed by atoms with Crippen molar-refractivity contribution >= 4 is 29.3 Å². The van der Waals surface area contributed by atoms with Gasteiger partial charge in [-0.1, -0.05) is 24.6 Å². The van der Waals surface area contributed by atoms with E-state index in [2.05, 4.69) is 5.32 Å². The molecule has 2 unspecified atom stereocenters. The highest BCUT2D eigenvalue weighted by molar-refractivity contribution is 5.99. The van der Waals surface area contributed by atoms with Crippen LogP contribution in [-0.4, -0.2) is 18.5 Å². The number of carbonyl (C=O) groups excluding carboxylic acids is 1. The molecule has 1 saturated carbocycles. The van der Waals surface area contributed by atoms with Gasteiger partial charge in [0.1, 0.15) is 5.58 Å². The first-order chi connectivity index (χ1) is 10.1. The molecule has 3 N–H and O–H groups in total. The number of nitrogens with two attached hydrogens (primary N) is 1. The maximum absolute atomic E-state index is 12.5. The highest BCUT2D eigenvalue weighted by Crippen LogP contribution is 2.29. The van der Waals surface area contributed by atoms with E-state index in [4.69, 9.17) is 10.2 Å². The third-order valence-electron chi connectivity index (χ3n) is 4.65. The van der Waals surface area contributed by atoms with Crippen molar-refractivity contribution in [2.75, 3.05) is 6.54 Å². The SMILES string of the molecule is Cc1c(C(=O)NC2CCCC2CN)oc2c(C)cccc12.Cl. The summed E-state index contributed by atoms with van der Waals surface area (Å²) in [5, 5.41) is 4.12.